The number of aliphatic imine (C=N–C) groups is 1. The molecule has 164 valence electrons. The molecule has 0 fully saturated rings. The summed E-state index contributed by atoms with van der Waals surface area (Å²) in [7, 11) is 0. The number of nitrogens with zero attached hydrogens (tertiary/aromatic N) is 3. The lowest BCUT2D eigenvalue weighted by Gasteiger charge is -2.12. The molecule has 0 aliphatic rings. The van der Waals surface area contributed by atoms with Crippen LogP contribution in [0.4, 0.5) is 17.1 Å². The van der Waals surface area contributed by atoms with E-state index >= 15 is 0 Å². The fraction of sp³-hybridized carbons (Fsp3) is 0.136. The van der Waals surface area contributed by atoms with E-state index in [1.54, 1.807) is 43.5 Å². The van der Waals surface area contributed by atoms with E-state index in [0.29, 0.717) is 22.9 Å². The Balaban J connectivity index is 1.93. The molecular formula is C22H18ClN3O6. The molecule has 0 bridgehead atoms. The molecule has 0 N–H and O–H groups in total. The molecule has 0 heterocycles. The topological polar surface area (TPSA) is 117 Å². The summed E-state index contributed by atoms with van der Waals surface area (Å²) in [6.07, 6.45) is 1.64. The maximum absolute atomic E-state index is 11.4. The first-order chi connectivity index (χ1) is 15.3. The van der Waals surface area contributed by atoms with Crippen LogP contribution in [0.25, 0.3) is 0 Å². The first kappa shape index (κ1) is 22.7. The number of aryl methyl sites for hydroxylation is 1. The molecule has 0 spiro atoms. The third-order valence-electron chi connectivity index (χ3n) is 4.36. The van der Waals surface area contributed by atoms with Crippen molar-refractivity contribution in [2.45, 2.75) is 13.8 Å². The lowest BCUT2D eigenvalue weighted by Crippen LogP contribution is -1.99. The lowest BCUT2D eigenvalue weighted by atomic mass is 10.2. The van der Waals surface area contributed by atoms with Crippen LogP contribution < -0.4 is 9.47 Å². The van der Waals surface area contributed by atoms with Crippen LogP contribution in [-0.4, -0.2) is 22.7 Å². The molecule has 9 nitrogen and oxygen atoms in total. The molecule has 0 aliphatic carbocycles. The predicted octanol–water partition coefficient (Wildman–Crippen LogP) is 6.41. The Bertz CT molecular complexity index is 1210. The van der Waals surface area contributed by atoms with Crippen LogP contribution in [0.3, 0.4) is 0 Å². The highest BCUT2D eigenvalue weighted by atomic mass is 35.5. The summed E-state index contributed by atoms with van der Waals surface area (Å²) in [5.74, 6) is 0.421. The number of rotatable bonds is 8. The van der Waals surface area contributed by atoms with Crippen LogP contribution in [-0.2, 0) is 0 Å². The van der Waals surface area contributed by atoms with Gasteiger partial charge in [-0.25, -0.2) is 0 Å². The average Bonchev–Trinajstić information content (AvgIpc) is 2.76. The predicted molar refractivity (Wildman–Crippen MR) is 121 cm³/mol. The molecule has 3 rings (SSSR count). The zero-order valence-corrected chi connectivity index (χ0v) is 17.9. The Morgan fingerprint density at radius 2 is 1.72 bits per heavy atom. The van der Waals surface area contributed by atoms with Gasteiger partial charge >= 0.3 is 5.69 Å². The zero-order valence-electron chi connectivity index (χ0n) is 17.1. The van der Waals surface area contributed by atoms with Crippen molar-refractivity contribution in [2.24, 2.45) is 4.99 Å². The zero-order chi connectivity index (χ0) is 23.3. The van der Waals surface area contributed by atoms with Gasteiger partial charge in [0.2, 0.25) is 5.75 Å². The fourth-order valence-electron chi connectivity index (χ4n) is 2.79. The summed E-state index contributed by atoms with van der Waals surface area (Å²) in [5, 5.41) is 22.9. The Morgan fingerprint density at radius 1 is 0.969 bits per heavy atom. The smallest absolute Gasteiger partial charge is 0.318 e. The molecule has 0 saturated heterocycles. The van der Waals surface area contributed by atoms with Gasteiger partial charge < -0.3 is 9.47 Å². The van der Waals surface area contributed by atoms with Gasteiger partial charge in [-0.05, 0) is 61.4 Å². The molecule has 0 radical (unpaired) electrons. The van der Waals surface area contributed by atoms with E-state index in [-0.39, 0.29) is 11.5 Å². The quantitative estimate of drug-likeness (QED) is 0.220. The summed E-state index contributed by atoms with van der Waals surface area (Å²) >= 11 is 6.03. The third kappa shape index (κ3) is 5.38. The second kappa shape index (κ2) is 9.88. The van der Waals surface area contributed by atoms with Crippen molar-refractivity contribution in [1.29, 1.82) is 0 Å². The molecule has 32 heavy (non-hydrogen) atoms. The standard InChI is InChI=1S/C22H18ClN3O6/c1-3-31-22-10-15(13-24-18-11-16(23)6-4-14(18)2)5-8-21(22)32-20-9-7-17(25(27)28)12-19(20)26(29)30/h4-13H,3H2,1-2H3. The highest BCUT2D eigenvalue weighted by Crippen LogP contribution is 2.38. The summed E-state index contributed by atoms with van der Waals surface area (Å²) in [6, 6.07) is 13.5. The number of ether oxygens (including phenoxy) is 2. The Hall–Kier alpha value is -3.98. The minimum absolute atomic E-state index is 0.141. The van der Waals surface area contributed by atoms with Crippen molar-refractivity contribution in [1.82, 2.24) is 0 Å². The Kier molecular flexibility index (Phi) is 7.01. The number of hydrogen-bond acceptors (Lipinski definition) is 7. The number of nitro benzene ring substituents is 2. The molecule has 0 aromatic heterocycles. The van der Waals surface area contributed by atoms with Gasteiger partial charge in [0.25, 0.3) is 5.69 Å². The first-order valence-corrected chi connectivity index (χ1v) is 9.84. The summed E-state index contributed by atoms with van der Waals surface area (Å²) in [4.78, 5) is 25.3. The van der Waals surface area contributed by atoms with E-state index in [1.165, 1.54) is 6.07 Å². The van der Waals surface area contributed by atoms with Crippen molar-refractivity contribution in [3.05, 3.63) is 91.0 Å². The number of nitro groups is 2. The SMILES string of the molecule is CCOc1cc(C=Nc2cc(Cl)ccc2C)ccc1Oc1ccc([N+](=O)[O-])cc1[N+](=O)[O-]. The monoisotopic (exact) mass is 455 g/mol. The van der Waals surface area contributed by atoms with Gasteiger partial charge in [0.05, 0.1) is 28.2 Å². The minimum atomic E-state index is -0.739. The number of benzene rings is 3. The maximum Gasteiger partial charge on any atom is 0.318 e. The van der Waals surface area contributed by atoms with Gasteiger partial charge in [-0.1, -0.05) is 17.7 Å². The third-order valence-corrected chi connectivity index (χ3v) is 4.60. The second-order valence-corrected chi connectivity index (χ2v) is 7.03. The maximum atomic E-state index is 11.4. The average molecular weight is 456 g/mol. The summed E-state index contributed by atoms with van der Waals surface area (Å²) in [5.41, 5.74) is 1.46. The van der Waals surface area contributed by atoms with Crippen LogP contribution >= 0.6 is 11.6 Å². The Labute approximate surface area is 188 Å². The van der Waals surface area contributed by atoms with Crippen LogP contribution in [0.5, 0.6) is 17.2 Å². The van der Waals surface area contributed by atoms with Gasteiger partial charge in [-0.15, -0.1) is 0 Å². The largest absolute Gasteiger partial charge is 0.490 e. The highest BCUT2D eigenvalue weighted by Gasteiger charge is 2.22. The van der Waals surface area contributed by atoms with Crippen molar-refractivity contribution in [3.8, 4) is 17.2 Å². The minimum Gasteiger partial charge on any atom is -0.490 e. The molecule has 0 amide bonds. The van der Waals surface area contributed by atoms with Crippen LogP contribution in [0, 0.1) is 27.2 Å². The molecule has 3 aromatic rings. The van der Waals surface area contributed by atoms with E-state index < -0.39 is 21.2 Å². The van der Waals surface area contributed by atoms with Gasteiger partial charge in [0.15, 0.2) is 11.5 Å². The first-order valence-electron chi connectivity index (χ1n) is 9.46. The van der Waals surface area contributed by atoms with Crippen molar-refractivity contribution < 1.29 is 19.3 Å². The molecule has 10 heteroatoms. The van der Waals surface area contributed by atoms with Crippen molar-refractivity contribution >= 4 is 34.9 Å². The van der Waals surface area contributed by atoms with Gasteiger partial charge in [0.1, 0.15) is 0 Å². The number of hydrogen-bond donors (Lipinski definition) is 0. The van der Waals surface area contributed by atoms with E-state index in [2.05, 4.69) is 4.99 Å². The normalized spacial score (nSPS) is 10.8. The van der Waals surface area contributed by atoms with Gasteiger partial charge in [-0.3, -0.25) is 25.2 Å². The highest BCUT2D eigenvalue weighted by molar-refractivity contribution is 6.30. The lowest BCUT2D eigenvalue weighted by molar-refractivity contribution is -0.394. The van der Waals surface area contributed by atoms with Crippen molar-refractivity contribution in [3.63, 3.8) is 0 Å². The summed E-state index contributed by atoms with van der Waals surface area (Å²) in [6.45, 7) is 4.03. The second-order valence-electron chi connectivity index (χ2n) is 6.60. The molecule has 3 aromatic carbocycles. The van der Waals surface area contributed by atoms with E-state index in [4.69, 9.17) is 21.1 Å². The van der Waals surface area contributed by atoms with Gasteiger partial charge in [0, 0.05) is 17.3 Å². The van der Waals surface area contributed by atoms with E-state index in [9.17, 15) is 20.2 Å². The number of halogens is 1. The molecule has 0 atom stereocenters. The molecule has 0 unspecified atom stereocenters. The van der Waals surface area contributed by atoms with E-state index in [0.717, 1.165) is 23.4 Å². The van der Waals surface area contributed by atoms with Crippen LogP contribution in [0.1, 0.15) is 18.1 Å². The molecule has 0 saturated carbocycles. The summed E-state index contributed by atoms with van der Waals surface area (Å²) < 4.78 is 11.3. The van der Waals surface area contributed by atoms with Crippen LogP contribution in [0.2, 0.25) is 5.02 Å². The van der Waals surface area contributed by atoms with Gasteiger partial charge in [-0.2, -0.15) is 0 Å². The number of non-ortho nitro benzene ring substituents is 1. The fourth-order valence-corrected chi connectivity index (χ4v) is 2.96. The molecule has 0 aliphatic heterocycles. The Morgan fingerprint density at radius 3 is 2.41 bits per heavy atom. The van der Waals surface area contributed by atoms with E-state index in [1.807, 2.05) is 13.0 Å². The van der Waals surface area contributed by atoms with Crippen LogP contribution in [0.15, 0.2) is 59.6 Å². The van der Waals surface area contributed by atoms with Crippen molar-refractivity contribution in [2.75, 3.05) is 6.61 Å². The molecular weight excluding hydrogens is 438 g/mol.